The molecule has 4 aromatic rings. The van der Waals surface area contributed by atoms with E-state index in [0.29, 0.717) is 12.4 Å². The molecule has 0 aliphatic rings. The van der Waals surface area contributed by atoms with Crippen molar-refractivity contribution < 1.29 is 0 Å². The second-order valence-electron chi connectivity index (χ2n) is 7.51. The Morgan fingerprint density at radius 1 is 0.938 bits per heavy atom. The van der Waals surface area contributed by atoms with Gasteiger partial charge in [-0.15, -0.1) is 11.3 Å². The fourth-order valence-electron chi connectivity index (χ4n) is 3.60. The Morgan fingerprint density at radius 3 is 2.59 bits per heavy atom. The van der Waals surface area contributed by atoms with Gasteiger partial charge in [-0.05, 0) is 59.0 Å². The van der Waals surface area contributed by atoms with E-state index in [2.05, 4.69) is 69.9 Å². The molecule has 6 heteroatoms. The summed E-state index contributed by atoms with van der Waals surface area (Å²) in [7, 11) is 0. The number of rotatable bonds is 9. The molecular weight excluding hydrogens is 414 g/mol. The lowest BCUT2D eigenvalue weighted by molar-refractivity contribution is 0.684. The molecule has 0 saturated heterocycles. The van der Waals surface area contributed by atoms with Crippen molar-refractivity contribution in [3.63, 3.8) is 0 Å². The number of aromatic nitrogens is 1. The number of amidine groups is 1. The SMILES string of the molecule is NCc1cc(-c2ccccc2)ccc1CCNCc1cccc(N=C(N)c2cncs2)c1. The summed E-state index contributed by atoms with van der Waals surface area (Å²) in [6, 6.07) is 25.1. The van der Waals surface area contributed by atoms with Crippen molar-refractivity contribution in [2.75, 3.05) is 6.54 Å². The molecule has 32 heavy (non-hydrogen) atoms. The van der Waals surface area contributed by atoms with Crippen LogP contribution in [-0.4, -0.2) is 17.4 Å². The van der Waals surface area contributed by atoms with Crippen LogP contribution in [0.1, 0.15) is 21.6 Å². The van der Waals surface area contributed by atoms with E-state index >= 15 is 0 Å². The summed E-state index contributed by atoms with van der Waals surface area (Å²) in [4.78, 5) is 9.44. The molecule has 162 valence electrons. The maximum Gasteiger partial charge on any atom is 0.143 e. The number of aliphatic imine (C=N–C) groups is 1. The molecule has 0 bridgehead atoms. The zero-order valence-corrected chi connectivity index (χ0v) is 18.7. The number of nitrogens with zero attached hydrogens (tertiary/aromatic N) is 2. The van der Waals surface area contributed by atoms with E-state index < -0.39 is 0 Å². The lowest BCUT2D eigenvalue weighted by atomic mass is 9.97. The first kappa shape index (κ1) is 21.9. The molecule has 0 spiro atoms. The van der Waals surface area contributed by atoms with E-state index in [9.17, 15) is 0 Å². The number of nitrogens with two attached hydrogens (primary N) is 2. The van der Waals surface area contributed by atoms with Crippen LogP contribution in [0.5, 0.6) is 0 Å². The Hall–Kier alpha value is -3.32. The molecule has 0 atom stereocenters. The van der Waals surface area contributed by atoms with Gasteiger partial charge in [-0.1, -0.05) is 54.6 Å². The van der Waals surface area contributed by atoms with Gasteiger partial charge in [0, 0.05) is 19.3 Å². The van der Waals surface area contributed by atoms with Crippen LogP contribution in [-0.2, 0) is 19.5 Å². The number of benzene rings is 3. The van der Waals surface area contributed by atoms with Gasteiger partial charge < -0.3 is 16.8 Å². The van der Waals surface area contributed by atoms with E-state index in [1.165, 1.54) is 39.2 Å². The highest BCUT2D eigenvalue weighted by Gasteiger charge is 2.05. The van der Waals surface area contributed by atoms with Gasteiger partial charge in [0.15, 0.2) is 0 Å². The highest BCUT2D eigenvalue weighted by atomic mass is 32.1. The average Bonchev–Trinajstić information content (AvgIpc) is 3.38. The van der Waals surface area contributed by atoms with Crippen LogP contribution >= 0.6 is 11.3 Å². The number of hydrogen-bond acceptors (Lipinski definition) is 5. The monoisotopic (exact) mass is 441 g/mol. The van der Waals surface area contributed by atoms with Gasteiger partial charge in [0.1, 0.15) is 5.84 Å². The number of thiazole rings is 1. The molecule has 5 nitrogen and oxygen atoms in total. The first-order chi connectivity index (χ1) is 15.7. The second-order valence-corrected chi connectivity index (χ2v) is 8.40. The standard InChI is InChI=1S/C26H27N5S/c27-15-23-14-22(20-6-2-1-3-7-20)10-9-21(23)11-12-29-16-19-5-4-8-24(13-19)31-26(28)25-17-30-18-32-25/h1-10,13-14,17-18,29H,11-12,15-16,27H2,(H2,28,31). The quantitative estimate of drug-likeness (QED) is 0.201. The third kappa shape index (κ3) is 5.68. The molecule has 0 amide bonds. The second kappa shape index (κ2) is 10.8. The topological polar surface area (TPSA) is 89.3 Å². The van der Waals surface area contributed by atoms with Crippen molar-refractivity contribution in [2.24, 2.45) is 16.5 Å². The Bertz CT molecular complexity index is 1170. The van der Waals surface area contributed by atoms with Crippen molar-refractivity contribution in [2.45, 2.75) is 19.5 Å². The van der Waals surface area contributed by atoms with E-state index in [1.54, 1.807) is 11.7 Å². The molecule has 0 aliphatic carbocycles. The third-order valence-corrected chi connectivity index (χ3v) is 6.07. The summed E-state index contributed by atoms with van der Waals surface area (Å²) in [5, 5.41) is 3.53. The average molecular weight is 442 g/mol. The maximum atomic E-state index is 6.08. The Balaban J connectivity index is 1.34. The van der Waals surface area contributed by atoms with Gasteiger partial charge in [-0.3, -0.25) is 4.98 Å². The molecule has 1 aromatic heterocycles. The zero-order chi connectivity index (χ0) is 22.2. The molecule has 0 saturated carbocycles. The molecule has 0 radical (unpaired) electrons. The molecular formula is C26H27N5S. The van der Waals surface area contributed by atoms with Crippen molar-refractivity contribution in [1.29, 1.82) is 0 Å². The van der Waals surface area contributed by atoms with Crippen LogP contribution in [0.15, 0.2) is 89.5 Å². The third-order valence-electron chi connectivity index (χ3n) is 5.28. The Labute approximate surface area is 192 Å². The van der Waals surface area contributed by atoms with Crippen molar-refractivity contribution in [3.8, 4) is 11.1 Å². The molecule has 5 N–H and O–H groups in total. The van der Waals surface area contributed by atoms with Crippen LogP contribution in [0.25, 0.3) is 11.1 Å². The summed E-state index contributed by atoms with van der Waals surface area (Å²) in [5.74, 6) is 0.492. The summed E-state index contributed by atoms with van der Waals surface area (Å²) in [6.07, 6.45) is 2.66. The van der Waals surface area contributed by atoms with Crippen molar-refractivity contribution in [1.82, 2.24) is 10.3 Å². The van der Waals surface area contributed by atoms with Gasteiger partial charge in [0.2, 0.25) is 0 Å². The van der Waals surface area contributed by atoms with Crippen LogP contribution < -0.4 is 16.8 Å². The largest absolute Gasteiger partial charge is 0.382 e. The van der Waals surface area contributed by atoms with Crippen LogP contribution in [0.2, 0.25) is 0 Å². The van der Waals surface area contributed by atoms with E-state index in [-0.39, 0.29) is 0 Å². The van der Waals surface area contributed by atoms with E-state index in [1.807, 2.05) is 18.2 Å². The van der Waals surface area contributed by atoms with E-state index in [4.69, 9.17) is 11.5 Å². The smallest absolute Gasteiger partial charge is 0.143 e. The maximum absolute atomic E-state index is 6.08. The molecule has 3 aromatic carbocycles. The lowest BCUT2D eigenvalue weighted by Crippen LogP contribution is -2.17. The highest BCUT2D eigenvalue weighted by molar-refractivity contribution is 7.11. The first-order valence-electron chi connectivity index (χ1n) is 10.6. The lowest BCUT2D eigenvalue weighted by Gasteiger charge is -2.12. The minimum absolute atomic E-state index is 0.492. The molecule has 4 rings (SSSR count). The summed E-state index contributed by atoms with van der Waals surface area (Å²) in [6.45, 7) is 2.18. The number of nitrogens with one attached hydrogen (secondary N) is 1. The van der Waals surface area contributed by atoms with Gasteiger partial charge in [0.25, 0.3) is 0 Å². The first-order valence-corrected chi connectivity index (χ1v) is 11.5. The van der Waals surface area contributed by atoms with Crippen LogP contribution in [0.3, 0.4) is 0 Å². The van der Waals surface area contributed by atoms with E-state index in [0.717, 1.165) is 30.1 Å². The van der Waals surface area contributed by atoms with Crippen LogP contribution in [0, 0.1) is 0 Å². The zero-order valence-electron chi connectivity index (χ0n) is 17.9. The minimum atomic E-state index is 0.492. The Morgan fingerprint density at radius 2 is 1.81 bits per heavy atom. The summed E-state index contributed by atoms with van der Waals surface area (Å²) < 4.78 is 0. The fraction of sp³-hybridized carbons (Fsp3) is 0.154. The molecule has 0 fully saturated rings. The van der Waals surface area contributed by atoms with Crippen molar-refractivity contribution in [3.05, 3.63) is 106 Å². The Kier molecular flexibility index (Phi) is 7.40. The fourth-order valence-corrected chi connectivity index (χ4v) is 4.12. The normalized spacial score (nSPS) is 11.6. The minimum Gasteiger partial charge on any atom is -0.382 e. The summed E-state index contributed by atoms with van der Waals surface area (Å²) >= 11 is 1.48. The molecule has 1 heterocycles. The van der Waals surface area contributed by atoms with Gasteiger partial charge >= 0.3 is 0 Å². The summed E-state index contributed by atoms with van der Waals surface area (Å²) in [5.41, 5.74) is 20.8. The van der Waals surface area contributed by atoms with Gasteiger partial charge in [0.05, 0.1) is 16.1 Å². The number of hydrogen-bond donors (Lipinski definition) is 3. The predicted molar refractivity (Wildman–Crippen MR) is 134 cm³/mol. The predicted octanol–water partition coefficient (Wildman–Crippen LogP) is 4.64. The molecule has 0 unspecified atom stereocenters. The van der Waals surface area contributed by atoms with Gasteiger partial charge in [-0.25, -0.2) is 4.99 Å². The van der Waals surface area contributed by atoms with Crippen LogP contribution in [0.4, 0.5) is 5.69 Å². The highest BCUT2D eigenvalue weighted by Crippen LogP contribution is 2.23. The molecule has 0 aliphatic heterocycles. The van der Waals surface area contributed by atoms with Crippen molar-refractivity contribution >= 4 is 22.9 Å². The van der Waals surface area contributed by atoms with Gasteiger partial charge in [-0.2, -0.15) is 0 Å².